The molecule has 0 bridgehead atoms. The Kier molecular flexibility index (Phi) is 6.93. The Bertz CT molecular complexity index is 1100. The van der Waals surface area contributed by atoms with Gasteiger partial charge in [0.2, 0.25) is 0 Å². The molecule has 2 N–H and O–H groups in total. The van der Waals surface area contributed by atoms with Crippen molar-refractivity contribution in [1.82, 2.24) is 9.13 Å². The molecule has 174 valence electrons. The summed E-state index contributed by atoms with van der Waals surface area (Å²) >= 11 is 1.10. The van der Waals surface area contributed by atoms with Crippen LogP contribution in [0.15, 0.2) is 39.4 Å². The van der Waals surface area contributed by atoms with E-state index in [4.69, 9.17) is 14.2 Å². The smallest absolute Gasteiger partial charge is 0.350 e. The van der Waals surface area contributed by atoms with Crippen LogP contribution in [-0.2, 0) is 25.7 Å². The summed E-state index contributed by atoms with van der Waals surface area (Å²) in [5.74, 6) is -5.08. The van der Waals surface area contributed by atoms with Crippen molar-refractivity contribution in [3.8, 4) is 0 Å². The van der Waals surface area contributed by atoms with Gasteiger partial charge in [-0.25, -0.2) is 18.5 Å². The largest absolute Gasteiger partial charge is 0.459 e. The van der Waals surface area contributed by atoms with Gasteiger partial charge < -0.3 is 24.4 Å². The number of thiophene rings is 1. The van der Waals surface area contributed by atoms with Crippen LogP contribution in [0.4, 0.5) is 4.39 Å². The highest BCUT2D eigenvalue weighted by Crippen LogP contribution is 2.38. The predicted octanol–water partition coefficient (Wildman–Crippen LogP) is 0.00160. The van der Waals surface area contributed by atoms with Gasteiger partial charge in [-0.15, -0.1) is 11.3 Å². The van der Waals surface area contributed by atoms with E-state index in [0.717, 1.165) is 23.6 Å². The topological polar surface area (TPSA) is 146 Å². The van der Waals surface area contributed by atoms with E-state index in [1.807, 2.05) is 0 Å². The highest BCUT2D eigenvalue weighted by atomic mass is 32.1. The fraction of sp³-hybridized carbons (Fsp3) is 0.474. The normalized spacial score (nSPS) is 25.1. The number of carbonyl (C=O) groups is 2. The van der Waals surface area contributed by atoms with Crippen molar-refractivity contribution in [1.29, 1.82) is 0 Å². The van der Waals surface area contributed by atoms with Gasteiger partial charge >= 0.3 is 17.6 Å². The molecule has 1 aliphatic heterocycles. The molecule has 0 amide bonds. The second-order valence-corrected chi connectivity index (χ2v) is 8.25. The number of ether oxygens (including phenoxy) is 3. The third-order valence-electron chi connectivity index (χ3n) is 4.67. The standard InChI is InChI=1S/C19H21FN2O9S/c1-10(2)16(26)29-8-19(20)14(25)13(24)15(31-19)21-6-5-12(23)22(18(21)28)9-30-17(27)11-4-3-7-32-11/h3-7,10,13-15,24-25H,8-9H2,1-2H3/t13-,14+,15-,19-/m1/s1. The molecule has 0 aliphatic carbocycles. The Morgan fingerprint density at radius 1 is 1.28 bits per heavy atom. The lowest BCUT2D eigenvalue weighted by atomic mass is 10.1. The van der Waals surface area contributed by atoms with Crippen LogP contribution in [0.2, 0.25) is 0 Å². The lowest BCUT2D eigenvalue weighted by Gasteiger charge is -2.23. The van der Waals surface area contributed by atoms with E-state index in [1.54, 1.807) is 11.4 Å². The van der Waals surface area contributed by atoms with Crippen molar-refractivity contribution in [3.63, 3.8) is 0 Å². The molecular formula is C19H21FN2O9S. The number of aliphatic hydroxyl groups excluding tert-OH is 2. The van der Waals surface area contributed by atoms with Gasteiger partial charge in [0.15, 0.2) is 19.6 Å². The molecule has 4 atom stereocenters. The molecule has 13 heteroatoms. The van der Waals surface area contributed by atoms with Gasteiger partial charge in [-0.3, -0.25) is 14.2 Å². The summed E-state index contributed by atoms with van der Waals surface area (Å²) < 4.78 is 31.0. The molecule has 0 unspecified atom stereocenters. The lowest BCUT2D eigenvalue weighted by molar-refractivity contribution is -0.218. The number of hydrogen-bond donors (Lipinski definition) is 2. The third-order valence-corrected chi connectivity index (χ3v) is 5.52. The van der Waals surface area contributed by atoms with Crippen LogP contribution in [0.3, 0.4) is 0 Å². The zero-order valence-corrected chi connectivity index (χ0v) is 17.9. The number of rotatable bonds is 7. The second kappa shape index (κ2) is 9.32. The minimum absolute atomic E-state index is 0.255. The molecule has 2 aromatic heterocycles. The lowest BCUT2D eigenvalue weighted by Crippen LogP contribution is -2.44. The maximum atomic E-state index is 15.1. The van der Waals surface area contributed by atoms with Crippen LogP contribution in [0.1, 0.15) is 29.7 Å². The van der Waals surface area contributed by atoms with Crippen molar-refractivity contribution >= 4 is 23.3 Å². The van der Waals surface area contributed by atoms with E-state index in [-0.39, 0.29) is 4.88 Å². The van der Waals surface area contributed by atoms with Crippen LogP contribution in [-0.4, -0.2) is 56.0 Å². The summed E-state index contributed by atoms with van der Waals surface area (Å²) in [5, 5.41) is 22.0. The Morgan fingerprint density at radius 2 is 2.00 bits per heavy atom. The SMILES string of the molecule is CC(C)C(=O)OC[C@@]1(F)O[C@@H](n2ccc(=O)n(COC(=O)c3cccs3)c2=O)[C@H](O)[C@@H]1O. The maximum Gasteiger partial charge on any atom is 0.350 e. The number of aromatic nitrogens is 2. The summed E-state index contributed by atoms with van der Waals surface area (Å²) in [4.78, 5) is 48.7. The second-order valence-electron chi connectivity index (χ2n) is 7.30. The Hall–Kier alpha value is -2.87. The molecule has 1 saturated heterocycles. The van der Waals surface area contributed by atoms with Crippen LogP contribution < -0.4 is 11.2 Å². The highest BCUT2D eigenvalue weighted by molar-refractivity contribution is 7.11. The Morgan fingerprint density at radius 3 is 2.62 bits per heavy atom. The van der Waals surface area contributed by atoms with Crippen molar-refractivity contribution in [2.75, 3.05) is 6.61 Å². The van der Waals surface area contributed by atoms with Gasteiger partial charge in [0.1, 0.15) is 17.1 Å². The first-order chi connectivity index (χ1) is 15.0. The number of halogens is 1. The molecule has 1 fully saturated rings. The number of aliphatic hydroxyl groups is 2. The van der Waals surface area contributed by atoms with Gasteiger partial charge in [0, 0.05) is 12.3 Å². The number of esters is 2. The van der Waals surface area contributed by atoms with E-state index in [2.05, 4.69) is 0 Å². The summed E-state index contributed by atoms with van der Waals surface area (Å²) in [6, 6.07) is 4.03. The predicted molar refractivity (Wildman–Crippen MR) is 106 cm³/mol. The van der Waals surface area contributed by atoms with E-state index < -0.39 is 66.7 Å². The minimum Gasteiger partial charge on any atom is -0.459 e. The number of hydrogen-bond acceptors (Lipinski definition) is 10. The molecule has 3 rings (SSSR count). The van der Waals surface area contributed by atoms with Gasteiger partial charge in [-0.2, -0.15) is 0 Å². The molecule has 2 aromatic rings. The first-order valence-corrected chi connectivity index (χ1v) is 10.3. The maximum absolute atomic E-state index is 15.1. The first kappa shape index (κ1) is 23.8. The third kappa shape index (κ3) is 4.65. The first-order valence-electron chi connectivity index (χ1n) is 9.47. The van der Waals surface area contributed by atoms with Crippen molar-refractivity contribution in [2.45, 2.75) is 44.9 Å². The average Bonchev–Trinajstić information content (AvgIpc) is 3.36. The molecule has 32 heavy (non-hydrogen) atoms. The average molecular weight is 472 g/mol. The fourth-order valence-corrected chi connectivity index (χ4v) is 3.48. The van der Waals surface area contributed by atoms with Gasteiger partial charge in [0.25, 0.3) is 11.4 Å². The molecule has 0 saturated carbocycles. The zero-order chi connectivity index (χ0) is 23.6. The number of alkyl halides is 1. The quantitative estimate of drug-likeness (QED) is 0.532. The monoisotopic (exact) mass is 472 g/mol. The van der Waals surface area contributed by atoms with Gasteiger partial charge in [-0.1, -0.05) is 19.9 Å². The highest BCUT2D eigenvalue weighted by Gasteiger charge is 2.57. The number of carbonyl (C=O) groups excluding carboxylic acids is 2. The van der Waals surface area contributed by atoms with E-state index >= 15 is 4.39 Å². The van der Waals surface area contributed by atoms with Crippen LogP contribution in [0.25, 0.3) is 0 Å². The summed E-state index contributed by atoms with van der Waals surface area (Å²) in [6.45, 7) is 1.27. The van der Waals surface area contributed by atoms with Crippen molar-refractivity contribution in [3.05, 3.63) is 55.5 Å². The molecule has 3 heterocycles. The minimum atomic E-state index is -3.00. The van der Waals surface area contributed by atoms with Gasteiger partial charge in [-0.05, 0) is 11.4 Å². The Balaban J connectivity index is 1.81. The molecule has 11 nitrogen and oxygen atoms in total. The number of nitrogens with zero attached hydrogens (tertiary/aromatic N) is 2. The van der Waals surface area contributed by atoms with Crippen LogP contribution >= 0.6 is 11.3 Å². The van der Waals surface area contributed by atoms with Crippen molar-refractivity contribution in [2.24, 2.45) is 5.92 Å². The van der Waals surface area contributed by atoms with E-state index in [9.17, 15) is 29.4 Å². The van der Waals surface area contributed by atoms with E-state index in [1.165, 1.54) is 19.9 Å². The van der Waals surface area contributed by atoms with Gasteiger partial charge in [0.05, 0.1) is 5.92 Å². The molecule has 1 aliphatic rings. The molecule has 0 spiro atoms. The summed E-state index contributed by atoms with van der Waals surface area (Å²) in [7, 11) is 0. The van der Waals surface area contributed by atoms with Crippen molar-refractivity contribution < 1.29 is 38.4 Å². The molecule has 0 aromatic carbocycles. The molecule has 0 radical (unpaired) electrons. The molecular weight excluding hydrogens is 451 g/mol. The summed E-state index contributed by atoms with van der Waals surface area (Å²) in [5.41, 5.74) is -1.91. The zero-order valence-electron chi connectivity index (χ0n) is 17.0. The Labute approximate surface area is 184 Å². The fourth-order valence-electron chi connectivity index (χ4n) is 2.86. The van der Waals surface area contributed by atoms with E-state index in [0.29, 0.717) is 9.13 Å². The van der Waals surface area contributed by atoms with Crippen LogP contribution in [0.5, 0.6) is 0 Å². The summed E-state index contributed by atoms with van der Waals surface area (Å²) in [6.07, 6.45) is -4.90. The van der Waals surface area contributed by atoms with Crippen LogP contribution in [0, 0.1) is 5.92 Å².